The molecule has 0 aliphatic carbocycles. The molecule has 0 aromatic carbocycles. The fraction of sp³-hybridized carbons (Fsp3) is 0.700. The third-order valence-electron chi connectivity index (χ3n) is 2.34. The summed E-state index contributed by atoms with van der Waals surface area (Å²) >= 11 is 0. The van der Waals surface area contributed by atoms with Crippen molar-refractivity contribution in [3.8, 4) is 0 Å². The van der Waals surface area contributed by atoms with Gasteiger partial charge in [-0.2, -0.15) is 18.3 Å². The maximum Gasteiger partial charge on any atom is 0.401 e. The Morgan fingerprint density at radius 3 is 2.61 bits per heavy atom. The summed E-state index contributed by atoms with van der Waals surface area (Å²) in [5.41, 5.74) is 5.42. The lowest BCUT2D eigenvalue weighted by molar-refractivity contribution is -0.146. The van der Waals surface area contributed by atoms with Gasteiger partial charge in [-0.1, -0.05) is 0 Å². The number of hydrogen-bond donors (Lipinski definition) is 2. The van der Waals surface area contributed by atoms with E-state index in [-0.39, 0.29) is 19.7 Å². The van der Waals surface area contributed by atoms with Crippen LogP contribution in [-0.4, -0.2) is 52.2 Å². The number of aryl methyl sites for hydroxylation is 1. The highest BCUT2D eigenvalue weighted by Crippen LogP contribution is 2.16. The van der Waals surface area contributed by atoms with Gasteiger partial charge in [0.25, 0.3) is 0 Å². The molecule has 8 heteroatoms. The van der Waals surface area contributed by atoms with E-state index in [1.54, 1.807) is 16.9 Å². The lowest BCUT2D eigenvalue weighted by Crippen LogP contribution is -2.37. The minimum Gasteiger partial charge on any atom is -0.395 e. The van der Waals surface area contributed by atoms with Gasteiger partial charge in [0.1, 0.15) is 5.82 Å². The Kier molecular flexibility index (Phi) is 5.42. The monoisotopic (exact) mass is 266 g/mol. The van der Waals surface area contributed by atoms with Gasteiger partial charge in [-0.25, -0.2) is 0 Å². The standard InChI is InChI=1S/C10H17F3N4O/c11-10(12,13)8-16(6-7-18)3-1-4-17-5-2-9(14)15-17/h2,5,18H,1,3-4,6-8H2,(H2,14,15). The molecule has 0 unspecified atom stereocenters. The zero-order valence-electron chi connectivity index (χ0n) is 9.90. The van der Waals surface area contributed by atoms with Gasteiger partial charge < -0.3 is 10.8 Å². The summed E-state index contributed by atoms with van der Waals surface area (Å²) < 4.78 is 38.3. The van der Waals surface area contributed by atoms with Crippen LogP contribution in [0.5, 0.6) is 0 Å². The van der Waals surface area contributed by atoms with Gasteiger partial charge in [-0.05, 0) is 12.5 Å². The van der Waals surface area contributed by atoms with E-state index in [9.17, 15) is 13.2 Å². The van der Waals surface area contributed by atoms with Crippen molar-refractivity contribution in [1.29, 1.82) is 0 Å². The van der Waals surface area contributed by atoms with E-state index in [4.69, 9.17) is 10.8 Å². The molecule has 3 N–H and O–H groups in total. The number of rotatable bonds is 7. The summed E-state index contributed by atoms with van der Waals surface area (Å²) in [6, 6.07) is 1.63. The predicted molar refractivity (Wildman–Crippen MR) is 60.8 cm³/mol. The Morgan fingerprint density at radius 2 is 2.11 bits per heavy atom. The van der Waals surface area contributed by atoms with Crippen molar-refractivity contribution in [2.24, 2.45) is 0 Å². The van der Waals surface area contributed by atoms with Gasteiger partial charge in [-0.3, -0.25) is 9.58 Å². The quantitative estimate of drug-likeness (QED) is 0.763. The first kappa shape index (κ1) is 14.8. The summed E-state index contributed by atoms with van der Waals surface area (Å²) in [4.78, 5) is 1.17. The minimum atomic E-state index is -4.24. The van der Waals surface area contributed by atoms with Crippen LogP contribution in [0.15, 0.2) is 12.3 Å². The lowest BCUT2D eigenvalue weighted by Gasteiger charge is -2.22. The number of nitrogen functional groups attached to an aromatic ring is 1. The average molecular weight is 266 g/mol. The maximum absolute atomic E-state index is 12.2. The van der Waals surface area contributed by atoms with E-state index in [0.717, 1.165) is 0 Å². The van der Waals surface area contributed by atoms with E-state index in [1.807, 2.05) is 0 Å². The Labute approximate surface area is 103 Å². The molecule has 0 atom stereocenters. The average Bonchev–Trinajstić information content (AvgIpc) is 2.62. The largest absolute Gasteiger partial charge is 0.401 e. The van der Waals surface area contributed by atoms with Gasteiger partial charge in [0, 0.05) is 25.8 Å². The van der Waals surface area contributed by atoms with Crippen molar-refractivity contribution in [3.63, 3.8) is 0 Å². The SMILES string of the molecule is Nc1ccn(CCCN(CCO)CC(F)(F)F)n1. The molecular formula is C10H17F3N4O. The second kappa shape index (κ2) is 6.60. The Morgan fingerprint density at radius 1 is 1.39 bits per heavy atom. The smallest absolute Gasteiger partial charge is 0.395 e. The van der Waals surface area contributed by atoms with Crippen molar-refractivity contribution in [1.82, 2.24) is 14.7 Å². The molecule has 0 fully saturated rings. The molecule has 0 aliphatic rings. The van der Waals surface area contributed by atoms with Crippen LogP contribution in [0, 0.1) is 0 Å². The third-order valence-corrected chi connectivity index (χ3v) is 2.34. The van der Waals surface area contributed by atoms with Crippen molar-refractivity contribution < 1.29 is 18.3 Å². The molecule has 0 radical (unpaired) electrons. The number of hydrogen-bond acceptors (Lipinski definition) is 4. The Balaban J connectivity index is 2.33. The molecule has 1 rings (SSSR count). The summed E-state index contributed by atoms with van der Waals surface area (Å²) in [6.45, 7) is -0.531. The molecule has 0 aliphatic heterocycles. The van der Waals surface area contributed by atoms with Crippen LogP contribution in [0.4, 0.5) is 19.0 Å². The zero-order valence-corrected chi connectivity index (χ0v) is 9.90. The lowest BCUT2D eigenvalue weighted by atomic mass is 10.3. The van der Waals surface area contributed by atoms with Crippen molar-refractivity contribution >= 4 is 5.82 Å². The number of alkyl halides is 3. The summed E-state index contributed by atoms with van der Waals surface area (Å²) in [6.07, 6.45) is -2.06. The minimum absolute atomic E-state index is 0.0146. The second-order valence-corrected chi connectivity index (χ2v) is 3.97. The van der Waals surface area contributed by atoms with Gasteiger partial charge in [0.05, 0.1) is 13.2 Å². The molecule has 0 amide bonds. The fourth-order valence-electron chi connectivity index (χ4n) is 1.62. The molecular weight excluding hydrogens is 249 g/mol. The van der Waals surface area contributed by atoms with Crippen LogP contribution in [0.1, 0.15) is 6.42 Å². The molecule has 18 heavy (non-hydrogen) atoms. The Bertz CT molecular complexity index is 353. The van der Waals surface area contributed by atoms with E-state index in [0.29, 0.717) is 18.8 Å². The van der Waals surface area contributed by atoms with Crippen LogP contribution in [0.3, 0.4) is 0 Å². The van der Waals surface area contributed by atoms with E-state index in [2.05, 4.69) is 5.10 Å². The highest BCUT2D eigenvalue weighted by atomic mass is 19.4. The Hall–Kier alpha value is -1.28. The van der Waals surface area contributed by atoms with Crippen LogP contribution >= 0.6 is 0 Å². The number of aliphatic hydroxyl groups excluding tert-OH is 1. The summed E-state index contributed by atoms with van der Waals surface area (Å²) in [5.74, 6) is 0.387. The highest BCUT2D eigenvalue weighted by Gasteiger charge is 2.30. The number of halogens is 3. The van der Waals surface area contributed by atoms with Crippen LogP contribution in [0.2, 0.25) is 0 Å². The van der Waals surface area contributed by atoms with Gasteiger partial charge in [0.2, 0.25) is 0 Å². The van der Waals surface area contributed by atoms with E-state index < -0.39 is 12.7 Å². The molecule has 0 saturated carbocycles. The van der Waals surface area contributed by atoms with E-state index in [1.165, 1.54) is 4.90 Å². The van der Waals surface area contributed by atoms with Crippen LogP contribution in [-0.2, 0) is 6.54 Å². The molecule has 1 aromatic rings. The molecule has 1 aromatic heterocycles. The molecule has 0 bridgehead atoms. The van der Waals surface area contributed by atoms with Gasteiger partial charge in [0.15, 0.2) is 0 Å². The number of nitrogens with zero attached hydrogens (tertiary/aromatic N) is 3. The predicted octanol–water partition coefficient (Wildman–Crippen LogP) is 0.712. The zero-order chi connectivity index (χ0) is 13.6. The number of nitrogens with two attached hydrogens (primary N) is 1. The summed E-state index contributed by atoms with van der Waals surface area (Å²) in [7, 11) is 0. The molecule has 1 heterocycles. The number of anilines is 1. The third kappa shape index (κ3) is 5.87. The fourth-order valence-corrected chi connectivity index (χ4v) is 1.62. The van der Waals surface area contributed by atoms with Crippen LogP contribution < -0.4 is 5.73 Å². The maximum atomic E-state index is 12.2. The normalized spacial score (nSPS) is 12.3. The molecule has 0 saturated heterocycles. The molecule has 0 spiro atoms. The second-order valence-electron chi connectivity index (χ2n) is 3.97. The molecule has 104 valence electrons. The van der Waals surface area contributed by atoms with Crippen molar-refractivity contribution in [2.45, 2.75) is 19.1 Å². The van der Waals surface area contributed by atoms with Gasteiger partial charge >= 0.3 is 6.18 Å². The first-order valence-corrected chi connectivity index (χ1v) is 5.59. The molecule has 5 nitrogen and oxygen atoms in total. The highest BCUT2D eigenvalue weighted by molar-refractivity contribution is 5.23. The van der Waals surface area contributed by atoms with Crippen molar-refractivity contribution in [2.75, 3.05) is 32.0 Å². The number of aliphatic hydroxyl groups is 1. The summed E-state index contributed by atoms with van der Waals surface area (Å²) in [5, 5.41) is 12.6. The van der Waals surface area contributed by atoms with Gasteiger partial charge in [-0.15, -0.1) is 0 Å². The first-order valence-electron chi connectivity index (χ1n) is 5.59. The first-order chi connectivity index (χ1) is 8.40. The van der Waals surface area contributed by atoms with Crippen LogP contribution in [0.25, 0.3) is 0 Å². The topological polar surface area (TPSA) is 67.3 Å². The van der Waals surface area contributed by atoms with E-state index >= 15 is 0 Å². The van der Waals surface area contributed by atoms with Crippen molar-refractivity contribution in [3.05, 3.63) is 12.3 Å². The number of aromatic nitrogens is 2.